The molecular formula is C12H17Cl2NO. The van der Waals surface area contributed by atoms with Crippen molar-refractivity contribution in [3.8, 4) is 0 Å². The van der Waals surface area contributed by atoms with Crippen LogP contribution in [0.5, 0.6) is 0 Å². The van der Waals surface area contributed by atoms with Crippen LogP contribution in [0.4, 0.5) is 0 Å². The SMILES string of the molecule is CCON(Cc1ccc(Cl)cc1Cl)C(C)C. The van der Waals surface area contributed by atoms with Gasteiger partial charge in [0.1, 0.15) is 0 Å². The summed E-state index contributed by atoms with van der Waals surface area (Å²) in [5, 5.41) is 3.24. The van der Waals surface area contributed by atoms with E-state index in [1.54, 1.807) is 6.07 Å². The van der Waals surface area contributed by atoms with Crippen LogP contribution in [0.2, 0.25) is 10.0 Å². The first kappa shape index (κ1) is 13.8. The van der Waals surface area contributed by atoms with Crippen LogP contribution < -0.4 is 0 Å². The molecule has 0 aliphatic heterocycles. The van der Waals surface area contributed by atoms with Gasteiger partial charge in [-0.15, -0.1) is 0 Å². The van der Waals surface area contributed by atoms with Gasteiger partial charge in [-0.2, -0.15) is 5.06 Å². The molecule has 0 N–H and O–H groups in total. The standard InChI is InChI=1S/C12H17Cl2NO/c1-4-16-15(9(2)3)8-10-5-6-11(13)7-12(10)14/h5-7,9H,4,8H2,1-3H3. The molecule has 0 spiro atoms. The van der Waals surface area contributed by atoms with Gasteiger partial charge < -0.3 is 0 Å². The third kappa shape index (κ3) is 3.95. The van der Waals surface area contributed by atoms with E-state index in [2.05, 4.69) is 13.8 Å². The summed E-state index contributed by atoms with van der Waals surface area (Å²) in [6.45, 7) is 7.46. The summed E-state index contributed by atoms with van der Waals surface area (Å²) in [5.74, 6) is 0. The normalized spacial score (nSPS) is 11.4. The maximum Gasteiger partial charge on any atom is 0.0657 e. The van der Waals surface area contributed by atoms with Gasteiger partial charge in [0.05, 0.1) is 13.2 Å². The Bertz CT molecular complexity index is 342. The molecular weight excluding hydrogens is 245 g/mol. The van der Waals surface area contributed by atoms with E-state index >= 15 is 0 Å². The maximum atomic E-state index is 6.11. The van der Waals surface area contributed by atoms with Crippen LogP contribution in [0.25, 0.3) is 0 Å². The second kappa shape index (κ2) is 6.45. The van der Waals surface area contributed by atoms with E-state index < -0.39 is 0 Å². The van der Waals surface area contributed by atoms with Crippen LogP contribution >= 0.6 is 23.2 Å². The molecule has 4 heteroatoms. The van der Waals surface area contributed by atoms with E-state index in [1.807, 2.05) is 24.1 Å². The Morgan fingerprint density at radius 3 is 2.50 bits per heavy atom. The zero-order chi connectivity index (χ0) is 12.1. The van der Waals surface area contributed by atoms with Crippen molar-refractivity contribution in [3.63, 3.8) is 0 Å². The van der Waals surface area contributed by atoms with E-state index in [0.29, 0.717) is 29.2 Å². The van der Waals surface area contributed by atoms with E-state index in [1.165, 1.54) is 0 Å². The average Bonchev–Trinajstić information content (AvgIpc) is 2.20. The molecule has 0 radical (unpaired) electrons. The maximum absolute atomic E-state index is 6.11. The second-order valence-electron chi connectivity index (χ2n) is 3.82. The van der Waals surface area contributed by atoms with Crippen molar-refractivity contribution in [3.05, 3.63) is 33.8 Å². The number of hydrogen-bond donors (Lipinski definition) is 0. The highest BCUT2D eigenvalue weighted by atomic mass is 35.5. The Morgan fingerprint density at radius 1 is 1.31 bits per heavy atom. The molecule has 0 bridgehead atoms. The molecule has 0 aliphatic rings. The van der Waals surface area contributed by atoms with Crippen molar-refractivity contribution < 1.29 is 4.84 Å². The summed E-state index contributed by atoms with van der Waals surface area (Å²) in [6.07, 6.45) is 0. The highest BCUT2D eigenvalue weighted by Crippen LogP contribution is 2.22. The Balaban J connectivity index is 2.77. The van der Waals surface area contributed by atoms with Crippen molar-refractivity contribution in [1.29, 1.82) is 0 Å². The fraction of sp³-hybridized carbons (Fsp3) is 0.500. The molecule has 0 fully saturated rings. The van der Waals surface area contributed by atoms with E-state index in [-0.39, 0.29) is 0 Å². The van der Waals surface area contributed by atoms with Gasteiger partial charge in [-0.3, -0.25) is 4.84 Å². The molecule has 0 atom stereocenters. The first-order valence-electron chi connectivity index (χ1n) is 5.38. The molecule has 16 heavy (non-hydrogen) atoms. The van der Waals surface area contributed by atoms with E-state index in [0.717, 1.165) is 5.56 Å². The van der Waals surface area contributed by atoms with Gasteiger partial charge in [0, 0.05) is 16.1 Å². The van der Waals surface area contributed by atoms with E-state index in [9.17, 15) is 0 Å². The van der Waals surface area contributed by atoms with Gasteiger partial charge in [0.25, 0.3) is 0 Å². The van der Waals surface area contributed by atoms with Gasteiger partial charge in [0.15, 0.2) is 0 Å². The molecule has 0 saturated carbocycles. The molecule has 90 valence electrons. The summed E-state index contributed by atoms with van der Waals surface area (Å²) in [7, 11) is 0. The van der Waals surface area contributed by atoms with Crippen LogP contribution in [0.1, 0.15) is 26.3 Å². The molecule has 1 aromatic rings. The second-order valence-corrected chi connectivity index (χ2v) is 4.67. The summed E-state index contributed by atoms with van der Waals surface area (Å²) in [6, 6.07) is 5.83. The fourth-order valence-corrected chi connectivity index (χ4v) is 1.83. The molecule has 0 aromatic heterocycles. The lowest BCUT2D eigenvalue weighted by molar-refractivity contribution is -0.182. The van der Waals surface area contributed by atoms with Crippen LogP contribution in [-0.2, 0) is 11.4 Å². The third-order valence-corrected chi connectivity index (χ3v) is 2.80. The molecule has 2 nitrogen and oxygen atoms in total. The minimum absolute atomic E-state index is 0.312. The summed E-state index contributed by atoms with van der Waals surface area (Å²) in [4.78, 5) is 5.53. The van der Waals surface area contributed by atoms with Gasteiger partial charge in [-0.05, 0) is 38.5 Å². The smallest absolute Gasteiger partial charge is 0.0657 e. The highest BCUT2D eigenvalue weighted by Gasteiger charge is 2.12. The number of halogens is 2. The highest BCUT2D eigenvalue weighted by molar-refractivity contribution is 6.35. The lowest BCUT2D eigenvalue weighted by Crippen LogP contribution is -2.30. The summed E-state index contributed by atoms with van der Waals surface area (Å²) >= 11 is 12.0. The van der Waals surface area contributed by atoms with Crippen molar-refractivity contribution in [2.75, 3.05) is 6.61 Å². The topological polar surface area (TPSA) is 12.5 Å². The Kier molecular flexibility index (Phi) is 5.56. The number of hydrogen-bond acceptors (Lipinski definition) is 2. The Labute approximate surface area is 107 Å². The van der Waals surface area contributed by atoms with Gasteiger partial charge in [0.2, 0.25) is 0 Å². The largest absolute Gasteiger partial charge is 0.299 e. The number of nitrogens with zero attached hydrogens (tertiary/aromatic N) is 1. The van der Waals surface area contributed by atoms with Crippen molar-refractivity contribution in [2.45, 2.75) is 33.4 Å². The van der Waals surface area contributed by atoms with E-state index in [4.69, 9.17) is 28.0 Å². The zero-order valence-electron chi connectivity index (χ0n) is 9.84. The molecule has 0 heterocycles. The summed E-state index contributed by atoms with van der Waals surface area (Å²) in [5.41, 5.74) is 1.02. The van der Waals surface area contributed by atoms with Crippen LogP contribution in [0, 0.1) is 0 Å². The first-order chi connectivity index (χ1) is 7.54. The van der Waals surface area contributed by atoms with Gasteiger partial charge in [-0.25, -0.2) is 0 Å². The molecule has 0 unspecified atom stereocenters. The average molecular weight is 262 g/mol. The zero-order valence-corrected chi connectivity index (χ0v) is 11.3. The minimum atomic E-state index is 0.312. The lowest BCUT2D eigenvalue weighted by Gasteiger charge is -2.25. The van der Waals surface area contributed by atoms with Gasteiger partial charge >= 0.3 is 0 Å². The molecule has 0 amide bonds. The first-order valence-corrected chi connectivity index (χ1v) is 6.13. The molecule has 1 rings (SSSR count). The monoisotopic (exact) mass is 261 g/mol. The van der Waals surface area contributed by atoms with Crippen LogP contribution in [0.15, 0.2) is 18.2 Å². The minimum Gasteiger partial charge on any atom is -0.299 e. The van der Waals surface area contributed by atoms with Crippen molar-refractivity contribution in [1.82, 2.24) is 5.06 Å². The molecule has 0 aliphatic carbocycles. The predicted octanol–water partition coefficient (Wildman–Crippen LogP) is 4.16. The third-order valence-electron chi connectivity index (χ3n) is 2.21. The predicted molar refractivity (Wildman–Crippen MR) is 68.8 cm³/mol. The lowest BCUT2D eigenvalue weighted by atomic mass is 10.2. The van der Waals surface area contributed by atoms with Crippen LogP contribution in [-0.4, -0.2) is 17.7 Å². The summed E-state index contributed by atoms with van der Waals surface area (Å²) < 4.78 is 0. The van der Waals surface area contributed by atoms with Gasteiger partial charge in [-0.1, -0.05) is 29.3 Å². The molecule has 1 aromatic carbocycles. The van der Waals surface area contributed by atoms with Crippen molar-refractivity contribution >= 4 is 23.2 Å². The number of benzene rings is 1. The number of rotatable bonds is 5. The fourth-order valence-electron chi connectivity index (χ4n) is 1.36. The number of hydroxylamine groups is 2. The Morgan fingerprint density at radius 2 is 2.00 bits per heavy atom. The van der Waals surface area contributed by atoms with Crippen molar-refractivity contribution in [2.24, 2.45) is 0 Å². The quantitative estimate of drug-likeness (QED) is 0.739. The molecule has 0 saturated heterocycles. The van der Waals surface area contributed by atoms with Crippen LogP contribution in [0.3, 0.4) is 0 Å². The Hall–Kier alpha value is -0.280.